The number of rotatable bonds is 3. The van der Waals surface area contributed by atoms with Gasteiger partial charge in [-0.3, -0.25) is 19.3 Å². The Hall–Kier alpha value is -3.21. The lowest BCUT2D eigenvalue weighted by atomic mass is 9.63. The van der Waals surface area contributed by atoms with Crippen LogP contribution in [-0.4, -0.2) is 17.7 Å². The van der Waals surface area contributed by atoms with E-state index in [0.717, 1.165) is 12.1 Å². The fourth-order valence-electron chi connectivity index (χ4n) is 5.70. The summed E-state index contributed by atoms with van der Waals surface area (Å²) < 4.78 is 0. The van der Waals surface area contributed by atoms with Crippen LogP contribution >= 0.6 is 0 Å². The van der Waals surface area contributed by atoms with Crippen LogP contribution in [0.25, 0.3) is 0 Å². The van der Waals surface area contributed by atoms with Gasteiger partial charge in [-0.1, -0.05) is 30.4 Å². The summed E-state index contributed by atoms with van der Waals surface area (Å²) in [7, 11) is 0. The maximum Gasteiger partial charge on any atom is 0.255 e. The number of nitrogens with zero attached hydrogens (tertiary/aromatic N) is 1. The summed E-state index contributed by atoms with van der Waals surface area (Å²) in [5.74, 6) is 0.818. The Morgan fingerprint density at radius 1 is 0.828 bits per heavy atom. The zero-order valence-electron chi connectivity index (χ0n) is 15.7. The SMILES string of the molecule is O=C(Nc1ccccc1)c1ccc(N2C(=O)[C@@H]3[C@H]4C=C[C@@H]([C@@H]5C[C@H]45)[C@H]3C2=O)cc1. The molecule has 5 aliphatic rings. The topological polar surface area (TPSA) is 66.5 Å². The van der Waals surface area contributed by atoms with Crippen molar-refractivity contribution in [1.82, 2.24) is 0 Å². The summed E-state index contributed by atoms with van der Waals surface area (Å²) in [5, 5.41) is 2.84. The minimum Gasteiger partial charge on any atom is -0.322 e. The third-order valence-corrected chi connectivity index (χ3v) is 7.08. The second-order valence-corrected chi connectivity index (χ2v) is 8.53. The van der Waals surface area contributed by atoms with E-state index in [1.807, 2.05) is 30.3 Å². The van der Waals surface area contributed by atoms with E-state index < -0.39 is 0 Å². The zero-order chi connectivity index (χ0) is 19.7. The molecule has 1 heterocycles. The molecule has 0 aromatic heterocycles. The minimum atomic E-state index is -0.224. The van der Waals surface area contributed by atoms with E-state index in [0.29, 0.717) is 23.1 Å². The van der Waals surface area contributed by atoms with E-state index in [4.69, 9.17) is 0 Å². The number of anilines is 2. The number of para-hydroxylation sites is 1. The first-order chi connectivity index (χ1) is 14.1. The van der Waals surface area contributed by atoms with Gasteiger partial charge in [-0.05, 0) is 66.5 Å². The van der Waals surface area contributed by atoms with Crippen molar-refractivity contribution in [2.75, 3.05) is 10.2 Å². The van der Waals surface area contributed by atoms with Gasteiger partial charge in [-0.15, -0.1) is 0 Å². The Morgan fingerprint density at radius 2 is 1.41 bits per heavy atom. The van der Waals surface area contributed by atoms with Crippen LogP contribution in [0, 0.1) is 35.5 Å². The van der Waals surface area contributed by atoms with E-state index in [1.165, 1.54) is 4.90 Å². The Morgan fingerprint density at radius 3 is 2.00 bits per heavy atom. The Labute approximate surface area is 168 Å². The second kappa shape index (κ2) is 5.89. The van der Waals surface area contributed by atoms with Crippen LogP contribution < -0.4 is 10.2 Å². The van der Waals surface area contributed by atoms with Crippen molar-refractivity contribution in [1.29, 1.82) is 0 Å². The lowest BCUT2D eigenvalue weighted by Crippen LogP contribution is -2.40. The number of imide groups is 1. The highest BCUT2D eigenvalue weighted by Crippen LogP contribution is 2.65. The number of hydrogen-bond donors (Lipinski definition) is 1. The van der Waals surface area contributed by atoms with Crippen molar-refractivity contribution in [2.24, 2.45) is 35.5 Å². The molecule has 29 heavy (non-hydrogen) atoms. The molecule has 0 unspecified atom stereocenters. The Bertz CT molecular complexity index is 1020. The standard InChI is InChI=1S/C24H20N2O3/c27-22(25-14-4-2-1-3-5-14)13-6-8-15(9-7-13)26-23(28)20-16-10-11-17(19-12-18(16)19)21(20)24(26)29/h1-11,16-21H,12H2,(H,25,27)/t16-,17-,18-,19+,20+,21+/m0/s1. The van der Waals surface area contributed by atoms with Crippen LogP contribution in [0.15, 0.2) is 66.7 Å². The lowest BCUT2D eigenvalue weighted by Gasteiger charge is -2.37. The van der Waals surface area contributed by atoms with Gasteiger partial charge in [-0.2, -0.15) is 0 Å². The number of hydrogen-bond acceptors (Lipinski definition) is 3. The molecule has 2 bridgehead atoms. The van der Waals surface area contributed by atoms with Crippen LogP contribution in [0.4, 0.5) is 11.4 Å². The molecule has 0 radical (unpaired) electrons. The van der Waals surface area contributed by atoms with Gasteiger partial charge in [0.25, 0.3) is 5.91 Å². The molecule has 5 heteroatoms. The van der Waals surface area contributed by atoms with Crippen molar-refractivity contribution in [3.8, 4) is 0 Å². The summed E-state index contributed by atoms with van der Waals surface area (Å²) in [6.45, 7) is 0. The van der Waals surface area contributed by atoms with E-state index in [2.05, 4.69) is 17.5 Å². The van der Waals surface area contributed by atoms with Crippen LogP contribution in [0.1, 0.15) is 16.8 Å². The first-order valence-corrected chi connectivity index (χ1v) is 10.2. The Kier molecular flexibility index (Phi) is 3.40. The molecule has 4 aliphatic carbocycles. The normalized spacial score (nSPS) is 33.4. The molecule has 1 aliphatic heterocycles. The van der Waals surface area contributed by atoms with Gasteiger partial charge >= 0.3 is 0 Å². The summed E-state index contributed by atoms with van der Waals surface area (Å²) in [6.07, 6.45) is 5.50. The van der Waals surface area contributed by atoms with Crippen LogP contribution in [0.5, 0.6) is 0 Å². The van der Waals surface area contributed by atoms with Gasteiger partial charge < -0.3 is 5.32 Å². The lowest BCUT2D eigenvalue weighted by molar-refractivity contribution is -0.124. The predicted molar refractivity (Wildman–Crippen MR) is 108 cm³/mol. The smallest absolute Gasteiger partial charge is 0.255 e. The monoisotopic (exact) mass is 384 g/mol. The second-order valence-electron chi connectivity index (χ2n) is 8.53. The van der Waals surface area contributed by atoms with E-state index in [9.17, 15) is 14.4 Å². The largest absolute Gasteiger partial charge is 0.322 e. The van der Waals surface area contributed by atoms with E-state index in [1.54, 1.807) is 24.3 Å². The van der Waals surface area contributed by atoms with Crippen molar-refractivity contribution in [2.45, 2.75) is 6.42 Å². The third-order valence-electron chi connectivity index (χ3n) is 7.08. The first-order valence-electron chi connectivity index (χ1n) is 10.2. The predicted octanol–water partition coefficient (Wildman–Crippen LogP) is 3.50. The molecule has 1 saturated heterocycles. The van der Waals surface area contributed by atoms with Gasteiger partial charge in [0.15, 0.2) is 0 Å². The van der Waals surface area contributed by atoms with Crippen LogP contribution in [-0.2, 0) is 9.59 Å². The average molecular weight is 384 g/mol. The molecular weight excluding hydrogens is 364 g/mol. The average Bonchev–Trinajstić information content (AvgIpc) is 3.53. The van der Waals surface area contributed by atoms with Gasteiger partial charge in [0, 0.05) is 11.3 Å². The highest BCUT2D eigenvalue weighted by Gasteiger charge is 2.67. The highest BCUT2D eigenvalue weighted by atomic mass is 16.2. The molecule has 7 rings (SSSR count). The van der Waals surface area contributed by atoms with Crippen molar-refractivity contribution in [3.63, 3.8) is 0 Å². The maximum absolute atomic E-state index is 13.2. The number of amides is 3. The fourth-order valence-corrected chi connectivity index (χ4v) is 5.70. The van der Waals surface area contributed by atoms with E-state index in [-0.39, 0.29) is 41.4 Å². The van der Waals surface area contributed by atoms with Crippen molar-refractivity contribution < 1.29 is 14.4 Å². The summed E-state index contributed by atoms with van der Waals surface area (Å²) in [5.41, 5.74) is 1.76. The molecule has 6 atom stereocenters. The quantitative estimate of drug-likeness (QED) is 0.651. The summed E-state index contributed by atoms with van der Waals surface area (Å²) in [6, 6.07) is 16.0. The molecule has 5 nitrogen and oxygen atoms in total. The van der Waals surface area contributed by atoms with E-state index >= 15 is 0 Å². The molecule has 2 saturated carbocycles. The van der Waals surface area contributed by atoms with Crippen molar-refractivity contribution in [3.05, 3.63) is 72.3 Å². The molecule has 2 aromatic rings. The van der Waals surface area contributed by atoms with Gasteiger partial charge in [0.1, 0.15) is 0 Å². The molecule has 3 fully saturated rings. The number of allylic oxidation sites excluding steroid dienone is 2. The van der Waals surface area contributed by atoms with Crippen LogP contribution in [0.3, 0.4) is 0 Å². The minimum absolute atomic E-state index is 0.0776. The molecule has 3 amide bonds. The molecule has 144 valence electrons. The first kappa shape index (κ1) is 16.7. The summed E-state index contributed by atoms with van der Waals surface area (Å²) >= 11 is 0. The third kappa shape index (κ3) is 2.36. The van der Waals surface area contributed by atoms with Gasteiger partial charge in [-0.25, -0.2) is 0 Å². The molecule has 0 spiro atoms. The molecular formula is C24H20N2O3. The maximum atomic E-state index is 13.2. The summed E-state index contributed by atoms with van der Waals surface area (Å²) in [4.78, 5) is 40.1. The Balaban J connectivity index is 1.24. The molecule has 2 aromatic carbocycles. The number of benzene rings is 2. The number of carbonyl (C=O) groups excluding carboxylic acids is 3. The van der Waals surface area contributed by atoms with Crippen LogP contribution in [0.2, 0.25) is 0 Å². The fraction of sp³-hybridized carbons (Fsp3) is 0.292. The zero-order valence-corrected chi connectivity index (χ0v) is 15.7. The number of carbonyl (C=O) groups is 3. The van der Waals surface area contributed by atoms with Gasteiger partial charge in [0.2, 0.25) is 11.8 Å². The highest BCUT2D eigenvalue weighted by molar-refractivity contribution is 6.22. The number of nitrogens with one attached hydrogen (secondary N) is 1. The van der Waals surface area contributed by atoms with Crippen molar-refractivity contribution >= 4 is 29.1 Å². The molecule has 1 N–H and O–H groups in total. The van der Waals surface area contributed by atoms with Gasteiger partial charge in [0.05, 0.1) is 17.5 Å².